The molecule has 1 aromatic heterocycles. The molecule has 2 amide bonds. The highest BCUT2D eigenvalue weighted by molar-refractivity contribution is 5.97. The van der Waals surface area contributed by atoms with Gasteiger partial charge in [-0.2, -0.15) is 0 Å². The van der Waals surface area contributed by atoms with Crippen LogP contribution in [-0.2, 0) is 9.59 Å². The molecule has 1 saturated heterocycles. The molecule has 150 valence electrons. The summed E-state index contributed by atoms with van der Waals surface area (Å²) in [7, 11) is 1.52. The van der Waals surface area contributed by atoms with Gasteiger partial charge in [0.15, 0.2) is 0 Å². The van der Waals surface area contributed by atoms with Gasteiger partial charge in [-0.15, -0.1) is 10.2 Å². The number of carbonyl (C=O) groups excluding carboxylic acids is 2. The number of piperazine rings is 1. The lowest BCUT2D eigenvalue weighted by Gasteiger charge is -2.37. The number of methoxy groups -OCH3 is 1. The summed E-state index contributed by atoms with van der Waals surface area (Å²) >= 11 is 0. The Balaban J connectivity index is 1.78. The van der Waals surface area contributed by atoms with Crippen LogP contribution in [-0.4, -0.2) is 59.2 Å². The third kappa shape index (κ3) is 4.30. The van der Waals surface area contributed by atoms with Gasteiger partial charge in [0.25, 0.3) is 0 Å². The zero-order chi connectivity index (χ0) is 20.3. The van der Waals surface area contributed by atoms with E-state index >= 15 is 0 Å². The van der Waals surface area contributed by atoms with Gasteiger partial charge in [0, 0.05) is 31.6 Å². The van der Waals surface area contributed by atoms with E-state index in [9.17, 15) is 9.59 Å². The first-order valence-corrected chi connectivity index (χ1v) is 9.21. The Morgan fingerprint density at radius 2 is 2.21 bits per heavy atom. The third-order valence-corrected chi connectivity index (χ3v) is 4.66. The van der Waals surface area contributed by atoms with Crippen LogP contribution in [0, 0.1) is 6.92 Å². The van der Waals surface area contributed by atoms with Gasteiger partial charge < -0.3 is 19.8 Å². The van der Waals surface area contributed by atoms with Crippen LogP contribution in [0.3, 0.4) is 0 Å². The second-order valence-electron chi connectivity index (χ2n) is 6.93. The van der Waals surface area contributed by atoms with Crippen molar-refractivity contribution in [2.24, 2.45) is 0 Å². The van der Waals surface area contributed by atoms with Crippen LogP contribution >= 0.6 is 0 Å². The number of hydrogen-bond acceptors (Lipinski definition) is 7. The summed E-state index contributed by atoms with van der Waals surface area (Å²) in [5.41, 5.74) is 1.14. The molecule has 1 aliphatic heterocycles. The highest BCUT2D eigenvalue weighted by Crippen LogP contribution is 2.30. The average Bonchev–Trinajstić information content (AvgIpc) is 3.09. The van der Waals surface area contributed by atoms with Gasteiger partial charge in [0.2, 0.25) is 23.6 Å². The van der Waals surface area contributed by atoms with E-state index in [1.807, 2.05) is 18.7 Å². The Morgan fingerprint density at radius 1 is 1.43 bits per heavy atom. The number of nitrogens with zero attached hydrogens (tertiary/aromatic N) is 3. The van der Waals surface area contributed by atoms with Gasteiger partial charge in [0.05, 0.1) is 25.3 Å². The number of hydrogen-bond donors (Lipinski definition) is 2. The minimum Gasteiger partial charge on any atom is -0.495 e. The van der Waals surface area contributed by atoms with E-state index in [0.29, 0.717) is 35.3 Å². The molecule has 1 aromatic carbocycles. The van der Waals surface area contributed by atoms with Crippen molar-refractivity contribution in [1.29, 1.82) is 0 Å². The highest BCUT2D eigenvalue weighted by Gasteiger charge is 2.33. The molecule has 2 heterocycles. The Bertz CT molecular complexity index is 864. The van der Waals surface area contributed by atoms with Crippen molar-refractivity contribution in [3.63, 3.8) is 0 Å². The van der Waals surface area contributed by atoms with Gasteiger partial charge in [-0.25, -0.2) is 0 Å². The van der Waals surface area contributed by atoms with E-state index in [0.717, 1.165) is 6.54 Å². The Morgan fingerprint density at radius 3 is 2.86 bits per heavy atom. The lowest BCUT2D eigenvalue weighted by atomic mass is 10.1. The smallest absolute Gasteiger partial charge is 0.247 e. The van der Waals surface area contributed by atoms with Crippen molar-refractivity contribution in [3.8, 4) is 17.2 Å². The van der Waals surface area contributed by atoms with Crippen LogP contribution in [0.15, 0.2) is 22.6 Å². The summed E-state index contributed by atoms with van der Waals surface area (Å²) in [6.07, 6.45) is 0.0526. The summed E-state index contributed by atoms with van der Waals surface area (Å²) in [4.78, 5) is 27.0. The average molecular weight is 387 g/mol. The molecule has 0 aliphatic carbocycles. The lowest BCUT2D eigenvalue weighted by Crippen LogP contribution is -2.58. The first kappa shape index (κ1) is 19.8. The normalized spacial score (nSPS) is 17.5. The van der Waals surface area contributed by atoms with E-state index in [4.69, 9.17) is 9.15 Å². The van der Waals surface area contributed by atoms with Gasteiger partial charge in [0.1, 0.15) is 5.75 Å². The second kappa shape index (κ2) is 8.39. The molecular formula is C19H25N5O4. The molecule has 1 atom stereocenters. The number of amides is 2. The fourth-order valence-electron chi connectivity index (χ4n) is 3.29. The molecule has 1 aliphatic rings. The van der Waals surface area contributed by atoms with E-state index in [2.05, 4.69) is 20.8 Å². The number of benzene rings is 1. The van der Waals surface area contributed by atoms with Crippen LogP contribution < -0.4 is 15.4 Å². The number of ether oxygens (including phenoxy) is 1. The third-order valence-electron chi connectivity index (χ3n) is 4.66. The Labute approximate surface area is 163 Å². The van der Waals surface area contributed by atoms with Gasteiger partial charge >= 0.3 is 0 Å². The number of nitrogens with one attached hydrogen (secondary N) is 2. The Hall–Kier alpha value is -2.94. The number of aryl methyl sites for hydroxylation is 1. The van der Waals surface area contributed by atoms with Crippen LogP contribution in [0.2, 0.25) is 0 Å². The zero-order valence-corrected chi connectivity index (χ0v) is 16.5. The SMILES string of the molecule is COc1ccc(-c2nnc(C)o2)cc1NC(=O)CC1C(=O)NCCN1C(C)C. The number of anilines is 1. The predicted molar refractivity (Wildman–Crippen MR) is 103 cm³/mol. The maximum atomic E-state index is 12.7. The van der Waals surface area contributed by atoms with Crippen LogP contribution in [0.25, 0.3) is 11.5 Å². The standard InChI is InChI=1S/C19H25N5O4/c1-11(2)24-8-7-20-18(26)15(24)10-17(25)21-14-9-13(5-6-16(14)27-4)19-23-22-12(3)28-19/h5-6,9,11,15H,7-8,10H2,1-4H3,(H,20,26)(H,21,25). The number of rotatable bonds is 6. The second-order valence-corrected chi connectivity index (χ2v) is 6.93. The predicted octanol–water partition coefficient (Wildman–Crippen LogP) is 1.59. The first-order chi connectivity index (χ1) is 13.4. The summed E-state index contributed by atoms with van der Waals surface area (Å²) < 4.78 is 10.8. The van der Waals surface area contributed by atoms with Gasteiger partial charge in [-0.1, -0.05) is 0 Å². The molecule has 1 unspecified atom stereocenters. The quantitative estimate of drug-likeness (QED) is 0.774. The molecule has 9 heteroatoms. The molecule has 0 bridgehead atoms. The van der Waals surface area contributed by atoms with E-state index in [1.54, 1.807) is 25.1 Å². The fraction of sp³-hybridized carbons (Fsp3) is 0.474. The lowest BCUT2D eigenvalue weighted by molar-refractivity contribution is -0.133. The monoisotopic (exact) mass is 387 g/mol. The maximum absolute atomic E-state index is 12.7. The molecule has 3 rings (SSSR count). The topological polar surface area (TPSA) is 110 Å². The van der Waals surface area contributed by atoms with Crippen molar-refractivity contribution < 1.29 is 18.7 Å². The van der Waals surface area contributed by atoms with Crippen molar-refractivity contribution in [3.05, 3.63) is 24.1 Å². The van der Waals surface area contributed by atoms with Crippen molar-refractivity contribution >= 4 is 17.5 Å². The van der Waals surface area contributed by atoms with Crippen LogP contribution in [0.4, 0.5) is 5.69 Å². The summed E-state index contributed by atoms with van der Waals surface area (Å²) in [5.74, 6) is 0.908. The molecule has 1 fully saturated rings. The molecule has 28 heavy (non-hydrogen) atoms. The zero-order valence-electron chi connectivity index (χ0n) is 16.5. The molecule has 9 nitrogen and oxygen atoms in total. The molecule has 0 saturated carbocycles. The van der Waals surface area contributed by atoms with Crippen LogP contribution in [0.5, 0.6) is 5.75 Å². The van der Waals surface area contributed by atoms with Crippen molar-refractivity contribution in [2.75, 3.05) is 25.5 Å². The summed E-state index contributed by atoms with van der Waals surface area (Å²) in [5, 5.41) is 13.5. The largest absolute Gasteiger partial charge is 0.495 e. The number of aromatic nitrogens is 2. The van der Waals surface area contributed by atoms with Gasteiger partial charge in [-0.3, -0.25) is 14.5 Å². The van der Waals surface area contributed by atoms with E-state index in [-0.39, 0.29) is 24.3 Å². The molecule has 0 radical (unpaired) electrons. The highest BCUT2D eigenvalue weighted by atomic mass is 16.5. The summed E-state index contributed by atoms with van der Waals surface area (Å²) in [6, 6.07) is 4.88. The van der Waals surface area contributed by atoms with E-state index in [1.165, 1.54) is 7.11 Å². The first-order valence-electron chi connectivity index (χ1n) is 9.21. The summed E-state index contributed by atoms with van der Waals surface area (Å²) in [6.45, 7) is 7.05. The van der Waals surface area contributed by atoms with Crippen molar-refractivity contribution in [1.82, 2.24) is 20.4 Å². The molecule has 0 spiro atoms. The van der Waals surface area contributed by atoms with Crippen molar-refractivity contribution in [2.45, 2.75) is 39.3 Å². The Kier molecular flexibility index (Phi) is 5.93. The maximum Gasteiger partial charge on any atom is 0.247 e. The fourth-order valence-corrected chi connectivity index (χ4v) is 3.29. The molecular weight excluding hydrogens is 362 g/mol. The molecule has 2 aromatic rings. The minimum absolute atomic E-state index is 0.0526. The minimum atomic E-state index is -0.499. The molecule has 2 N–H and O–H groups in total. The number of carbonyl (C=O) groups is 2. The van der Waals surface area contributed by atoms with E-state index < -0.39 is 6.04 Å². The van der Waals surface area contributed by atoms with Gasteiger partial charge in [-0.05, 0) is 32.0 Å². The van der Waals surface area contributed by atoms with Crippen LogP contribution in [0.1, 0.15) is 26.2 Å².